The van der Waals surface area contributed by atoms with Crippen molar-refractivity contribution in [2.45, 2.75) is 46.2 Å². The number of hydrogen-bond donors (Lipinski definition) is 2. The molecule has 0 saturated carbocycles. The number of carbonyl (C=O) groups excluding carboxylic acids is 1. The Bertz CT molecular complexity index is 605. The number of rotatable bonds is 5. The molecule has 2 N–H and O–H groups in total. The van der Waals surface area contributed by atoms with Crippen LogP contribution in [0.15, 0.2) is 24.3 Å². The summed E-state index contributed by atoms with van der Waals surface area (Å²) in [6, 6.07) is 9.24. The third-order valence-electron chi connectivity index (χ3n) is 4.86. The van der Waals surface area contributed by atoms with E-state index in [1.165, 1.54) is 5.56 Å². The Morgan fingerprint density at radius 1 is 1.32 bits per heavy atom. The lowest BCUT2D eigenvalue weighted by molar-refractivity contribution is 0.0922. The van der Waals surface area contributed by atoms with Crippen LogP contribution < -0.4 is 5.32 Å². The van der Waals surface area contributed by atoms with Gasteiger partial charge < -0.3 is 10.4 Å². The van der Waals surface area contributed by atoms with Crippen LogP contribution in [0.3, 0.4) is 0 Å². The fourth-order valence-electron chi connectivity index (χ4n) is 3.00. The molecule has 1 aromatic rings. The first-order valence-electron chi connectivity index (χ1n) is 8.96. The first-order chi connectivity index (χ1) is 11.8. The molecule has 5 nitrogen and oxygen atoms in total. The first kappa shape index (κ1) is 19.4. The van der Waals surface area contributed by atoms with Gasteiger partial charge in [0.05, 0.1) is 6.07 Å². The largest absolute Gasteiger partial charge is 0.396 e. The van der Waals surface area contributed by atoms with Crippen LogP contribution in [-0.2, 0) is 6.54 Å². The Hall–Kier alpha value is -1.90. The summed E-state index contributed by atoms with van der Waals surface area (Å²) in [5.74, 6) is 0.231. The molecule has 1 fully saturated rings. The molecule has 1 unspecified atom stereocenters. The molecule has 1 amide bonds. The summed E-state index contributed by atoms with van der Waals surface area (Å²) in [6.07, 6.45) is 2.08. The molecule has 0 aliphatic carbocycles. The molecule has 1 aromatic carbocycles. The zero-order chi connectivity index (χ0) is 18.4. The lowest BCUT2D eigenvalue weighted by atomic mass is 9.87. The smallest absolute Gasteiger partial charge is 0.252 e. The summed E-state index contributed by atoms with van der Waals surface area (Å²) in [4.78, 5) is 14.7. The predicted octanol–water partition coefficient (Wildman–Crippen LogP) is 2.56. The van der Waals surface area contributed by atoms with E-state index in [0.29, 0.717) is 11.5 Å². The van der Waals surface area contributed by atoms with Crippen molar-refractivity contribution in [2.24, 2.45) is 11.3 Å². The number of aliphatic hydroxyl groups is 1. The number of nitrogens with zero attached hydrogens (tertiary/aromatic N) is 2. The third kappa shape index (κ3) is 5.55. The summed E-state index contributed by atoms with van der Waals surface area (Å²) in [5, 5.41) is 21.2. The number of carbonyl (C=O) groups is 1. The maximum Gasteiger partial charge on any atom is 0.252 e. The minimum atomic E-state index is -0.521. The fraction of sp³-hybridized carbons (Fsp3) is 0.600. The minimum absolute atomic E-state index is 0.211. The molecule has 1 aliphatic heterocycles. The Morgan fingerprint density at radius 2 is 1.92 bits per heavy atom. The van der Waals surface area contributed by atoms with E-state index in [-0.39, 0.29) is 17.9 Å². The lowest BCUT2D eigenvalue weighted by Crippen LogP contribution is -2.42. The van der Waals surface area contributed by atoms with Gasteiger partial charge in [-0.3, -0.25) is 9.69 Å². The molecule has 1 aliphatic rings. The molecule has 136 valence electrons. The second kappa shape index (κ2) is 8.46. The van der Waals surface area contributed by atoms with Crippen molar-refractivity contribution in [2.75, 3.05) is 19.7 Å². The molecular weight excluding hydrogens is 314 g/mol. The van der Waals surface area contributed by atoms with Gasteiger partial charge in [-0.1, -0.05) is 32.9 Å². The fourth-order valence-corrected chi connectivity index (χ4v) is 3.00. The predicted molar refractivity (Wildman–Crippen MR) is 97.9 cm³/mol. The lowest BCUT2D eigenvalue weighted by Gasteiger charge is -2.31. The van der Waals surface area contributed by atoms with Gasteiger partial charge in [-0.05, 0) is 55.0 Å². The van der Waals surface area contributed by atoms with Crippen molar-refractivity contribution >= 4 is 5.91 Å². The van der Waals surface area contributed by atoms with Crippen molar-refractivity contribution in [1.82, 2.24) is 10.2 Å². The summed E-state index contributed by atoms with van der Waals surface area (Å²) in [5.41, 5.74) is 1.45. The Labute approximate surface area is 150 Å². The zero-order valence-electron chi connectivity index (χ0n) is 15.5. The topological polar surface area (TPSA) is 76.4 Å². The van der Waals surface area contributed by atoms with Gasteiger partial charge in [0.2, 0.25) is 0 Å². The van der Waals surface area contributed by atoms with Crippen LogP contribution in [0.4, 0.5) is 0 Å². The van der Waals surface area contributed by atoms with E-state index < -0.39 is 6.04 Å². The summed E-state index contributed by atoms with van der Waals surface area (Å²) in [6.45, 7) is 8.96. The number of amides is 1. The second-order valence-electron chi connectivity index (χ2n) is 8.00. The van der Waals surface area contributed by atoms with Crippen molar-refractivity contribution in [3.05, 3.63) is 35.4 Å². The molecule has 0 spiro atoms. The van der Waals surface area contributed by atoms with E-state index >= 15 is 0 Å². The number of piperidine rings is 1. The van der Waals surface area contributed by atoms with E-state index in [4.69, 9.17) is 0 Å². The number of benzene rings is 1. The van der Waals surface area contributed by atoms with E-state index in [2.05, 4.69) is 16.3 Å². The van der Waals surface area contributed by atoms with E-state index in [9.17, 15) is 15.2 Å². The van der Waals surface area contributed by atoms with Crippen molar-refractivity contribution in [3.8, 4) is 6.07 Å². The molecule has 1 atom stereocenters. The van der Waals surface area contributed by atoms with Gasteiger partial charge in [-0.15, -0.1) is 0 Å². The van der Waals surface area contributed by atoms with Crippen LogP contribution in [-0.4, -0.2) is 41.7 Å². The van der Waals surface area contributed by atoms with Gasteiger partial charge in [0.15, 0.2) is 0 Å². The Morgan fingerprint density at radius 3 is 2.40 bits per heavy atom. The van der Waals surface area contributed by atoms with Crippen LogP contribution >= 0.6 is 0 Å². The molecule has 5 heteroatoms. The maximum absolute atomic E-state index is 12.3. The molecule has 0 aromatic heterocycles. The molecule has 2 rings (SSSR count). The van der Waals surface area contributed by atoms with Gasteiger partial charge >= 0.3 is 0 Å². The quantitative estimate of drug-likeness (QED) is 0.861. The highest BCUT2D eigenvalue weighted by atomic mass is 16.3. The van der Waals surface area contributed by atoms with Crippen LogP contribution in [0.1, 0.15) is 49.5 Å². The Kier molecular flexibility index (Phi) is 6.57. The van der Waals surface area contributed by atoms with Crippen LogP contribution in [0.5, 0.6) is 0 Å². The molecule has 1 saturated heterocycles. The van der Waals surface area contributed by atoms with E-state index in [1.54, 1.807) is 0 Å². The standard InChI is InChI=1S/C20H29N3O2/c1-20(2,3)18(12-21)22-19(25)17-6-4-15(5-7-17)13-23-10-8-16(14-24)9-11-23/h4-7,16,18,24H,8-11,13-14H2,1-3H3,(H,22,25). The van der Waals surface area contributed by atoms with Gasteiger partial charge in [0, 0.05) is 18.7 Å². The highest BCUT2D eigenvalue weighted by Crippen LogP contribution is 2.20. The molecule has 1 heterocycles. The summed E-state index contributed by atoms with van der Waals surface area (Å²) < 4.78 is 0. The highest BCUT2D eigenvalue weighted by molar-refractivity contribution is 5.94. The maximum atomic E-state index is 12.3. The van der Waals surface area contributed by atoms with Crippen molar-refractivity contribution in [3.63, 3.8) is 0 Å². The average molecular weight is 343 g/mol. The number of aliphatic hydroxyl groups excluding tert-OH is 1. The third-order valence-corrected chi connectivity index (χ3v) is 4.86. The zero-order valence-corrected chi connectivity index (χ0v) is 15.5. The number of nitrogens with one attached hydrogen (secondary N) is 1. The summed E-state index contributed by atoms with van der Waals surface area (Å²) >= 11 is 0. The number of nitriles is 1. The van der Waals surface area contributed by atoms with Gasteiger partial charge in [0.25, 0.3) is 5.91 Å². The molecule has 0 radical (unpaired) electrons. The van der Waals surface area contributed by atoms with Crippen LogP contribution in [0.2, 0.25) is 0 Å². The number of hydrogen-bond acceptors (Lipinski definition) is 4. The normalized spacial score (nSPS) is 17.7. The SMILES string of the molecule is CC(C)(C)C(C#N)NC(=O)c1ccc(CN2CCC(CO)CC2)cc1. The monoisotopic (exact) mass is 343 g/mol. The molecule has 0 bridgehead atoms. The van der Waals surface area contributed by atoms with Gasteiger partial charge in [-0.25, -0.2) is 0 Å². The first-order valence-corrected chi connectivity index (χ1v) is 8.96. The molecule has 25 heavy (non-hydrogen) atoms. The van der Waals surface area contributed by atoms with E-state index in [1.807, 2.05) is 45.0 Å². The average Bonchev–Trinajstić information content (AvgIpc) is 2.59. The summed E-state index contributed by atoms with van der Waals surface area (Å²) in [7, 11) is 0. The Balaban J connectivity index is 1.91. The van der Waals surface area contributed by atoms with Crippen LogP contribution in [0, 0.1) is 22.7 Å². The minimum Gasteiger partial charge on any atom is -0.396 e. The highest BCUT2D eigenvalue weighted by Gasteiger charge is 2.26. The van der Waals surface area contributed by atoms with Crippen LogP contribution in [0.25, 0.3) is 0 Å². The van der Waals surface area contributed by atoms with Crippen molar-refractivity contribution < 1.29 is 9.90 Å². The second-order valence-corrected chi connectivity index (χ2v) is 8.00. The van der Waals surface area contributed by atoms with Crippen molar-refractivity contribution in [1.29, 1.82) is 5.26 Å². The van der Waals surface area contributed by atoms with Gasteiger partial charge in [0.1, 0.15) is 6.04 Å². The van der Waals surface area contributed by atoms with E-state index in [0.717, 1.165) is 32.5 Å². The molecular formula is C20H29N3O2. The van der Waals surface area contributed by atoms with Gasteiger partial charge in [-0.2, -0.15) is 5.26 Å². The number of likely N-dealkylation sites (tertiary alicyclic amines) is 1.